The minimum atomic E-state index is 0.445. The summed E-state index contributed by atoms with van der Waals surface area (Å²) in [6.45, 7) is 0.955. The third-order valence-corrected chi connectivity index (χ3v) is 5.99. The van der Waals surface area contributed by atoms with E-state index in [0.29, 0.717) is 5.54 Å². The second-order valence-corrected chi connectivity index (χ2v) is 7.54. The Balaban J connectivity index is 1.35. The molecule has 2 aromatic heterocycles. The van der Waals surface area contributed by atoms with Crippen molar-refractivity contribution in [1.82, 2.24) is 10.3 Å². The maximum atomic E-state index is 5.44. The van der Waals surface area contributed by atoms with E-state index in [0.717, 1.165) is 35.4 Å². The molecule has 4 bridgehead atoms. The molecule has 0 atom stereocenters. The maximum absolute atomic E-state index is 5.44. The third-order valence-electron chi connectivity index (χ3n) is 5.99. The van der Waals surface area contributed by atoms with Gasteiger partial charge in [0, 0.05) is 29.9 Å². The van der Waals surface area contributed by atoms with Gasteiger partial charge in [-0.2, -0.15) is 0 Å². The van der Waals surface area contributed by atoms with Crippen LogP contribution in [0.4, 0.5) is 0 Å². The normalized spacial score (nSPS) is 38.9. The van der Waals surface area contributed by atoms with E-state index in [1.807, 2.05) is 6.07 Å². The summed E-state index contributed by atoms with van der Waals surface area (Å²) in [6.07, 6.45) is 10.5. The van der Waals surface area contributed by atoms with E-state index in [9.17, 15) is 0 Å². The van der Waals surface area contributed by atoms with Crippen LogP contribution in [0.1, 0.15) is 44.2 Å². The molecular weight excluding hydrogens is 248 g/mol. The fourth-order valence-electron chi connectivity index (χ4n) is 5.61. The molecule has 0 radical (unpaired) electrons. The third kappa shape index (κ3) is 1.69. The molecule has 0 aliphatic heterocycles. The molecule has 4 aliphatic rings. The van der Waals surface area contributed by atoms with Gasteiger partial charge in [0.1, 0.15) is 0 Å². The van der Waals surface area contributed by atoms with Crippen molar-refractivity contribution < 1.29 is 4.42 Å². The summed E-state index contributed by atoms with van der Waals surface area (Å²) >= 11 is 0. The van der Waals surface area contributed by atoms with Crippen molar-refractivity contribution in [1.29, 1.82) is 0 Å². The van der Waals surface area contributed by atoms with E-state index < -0.39 is 0 Å². The minimum absolute atomic E-state index is 0.445. The van der Waals surface area contributed by atoms with E-state index in [2.05, 4.69) is 16.4 Å². The lowest BCUT2D eigenvalue weighted by Gasteiger charge is -2.57. The molecule has 0 spiro atoms. The van der Waals surface area contributed by atoms with Crippen LogP contribution in [0.3, 0.4) is 0 Å². The number of hydrogen-bond acceptors (Lipinski definition) is 2. The van der Waals surface area contributed by atoms with Crippen molar-refractivity contribution >= 4 is 11.1 Å². The molecule has 4 fully saturated rings. The second-order valence-electron chi connectivity index (χ2n) is 7.54. The van der Waals surface area contributed by atoms with Gasteiger partial charge in [-0.15, -0.1) is 0 Å². The van der Waals surface area contributed by atoms with Crippen LogP contribution in [0.2, 0.25) is 0 Å². The number of rotatable bonds is 3. The van der Waals surface area contributed by atoms with Crippen molar-refractivity contribution in [3.05, 3.63) is 24.1 Å². The highest BCUT2D eigenvalue weighted by molar-refractivity contribution is 5.74. The van der Waals surface area contributed by atoms with Crippen LogP contribution in [0.25, 0.3) is 11.1 Å². The quantitative estimate of drug-likeness (QED) is 0.890. The van der Waals surface area contributed by atoms with E-state index in [1.165, 1.54) is 44.2 Å². The maximum Gasteiger partial charge on any atom is 0.151 e. The smallest absolute Gasteiger partial charge is 0.151 e. The summed E-state index contributed by atoms with van der Waals surface area (Å²) in [5.74, 6) is 3.02. The number of aromatic amines is 1. The molecule has 106 valence electrons. The van der Waals surface area contributed by atoms with Crippen molar-refractivity contribution in [2.45, 2.75) is 50.6 Å². The molecule has 2 heterocycles. The van der Waals surface area contributed by atoms with E-state index in [1.54, 1.807) is 6.26 Å². The van der Waals surface area contributed by atoms with Gasteiger partial charge in [0.05, 0.1) is 11.8 Å². The minimum Gasteiger partial charge on any atom is -0.463 e. The Morgan fingerprint density at radius 3 is 2.50 bits per heavy atom. The van der Waals surface area contributed by atoms with Gasteiger partial charge in [-0.3, -0.25) is 0 Å². The average Bonchev–Trinajstić information content (AvgIpc) is 2.95. The molecule has 4 aliphatic carbocycles. The van der Waals surface area contributed by atoms with Gasteiger partial charge in [-0.25, -0.2) is 0 Å². The van der Waals surface area contributed by atoms with Crippen LogP contribution in [-0.2, 0) is 6.54 Å². The van der Waals surface area contributed by atoms with Crippen molar-refractivity contribution in [3.63, 3.8) is 0 Å². The number of fused-ring (bicyclic) bond motifs is 1. The van der Waals surface area contributed by atoms with Crippen LogP contribution in [0.5, 0.6) is 0 Å². The fourth-order valence-corrected chi connectivity index (χ4v) is 5.61. The number of H-pyrrole nitrogens is 1. The Labute approximate surface area is 119 Å². The van der Waals surface area contributed by atoms with E-state index in [-0.39, 0.29) is 0 Å². The van der Waals surface area contributed by atoms with Gasteiger partial charge in [0.25, 0.3) is 0 Å². The summed E-state index contributed by atoms with van der Waals surface area (Å²) in [4.78, 5) is 3.45. The molecule has 0 aromatic carbocycles. The Morgan fingerprint density at radius 1 is 1.15 bits per heavy atom. The van der Waals surface area contributed by atoms with Gasteiger partial charge in [-0.05, 0) is 56.3 Å². The predicted molar refractivity (Wildman–Crippen MR) is 78.3 cm³/mol. The van der Waals surface area contributed by atoms with Crippen molar-refractivity contribution in [2.24, 2.45) is 17.8 Å². The number of furan rings is 1. The molecule has 2 N–H and O–H groups in total. The van der Waals surface area contributed by atoms with Gasteiger partial charge in [-0.1, -0.05) is 0 Å². The molecular formula is C17H22N2O. The highest BCUT2D eigenvalue weighted by atomic mass is 16.3. The zero-order valence-corrected chi connectivity index (χ0v) is 11.8. The van der Waals surface area contributed by atoms with Crippen LogP contribution < -0.4 is 5.32 Å². The van der Waals surface area contributed by atoms with E-state index in [4.69, 9.17) is 4.42 Å². The van der Waals surface area contributed by atoms with Gasteiger partial charge < -0.3 is 14.7 Å². The fraction of sp³-hybridized carbons (Fsp3) is 0.647. The number of nitrogens with one attached hydrogen (secondary N) is 2. The lowest BCUT2D eigenvalue weighted by atomic mass is 9.53. The van der Waals surface area contributed by atoms with E-state index >= 15 is 0 Å². The molecule has 0 amide bonds. The lowest BCUT2D eigenvalue weighted by molar-refractivity contribution is -0.0207. The Hall–Kier alpha value is -1.22. The lowest BCUT2D eigenvalue weighted by Crippen LogP contribution is -2.58. The highest BCUT2D eigenvalue weighted by Gasteiger charge is 2.50. The van der Waals surface area contributed by atoms with Gasteiger partial charge in [0.2, 0.25) is 0 Å². The summed E-state index contributed by atoms with van der Waals surface area (Å²) in [6, 6.07) is 4.15. The number of aromatic nitrogens is 1. The summed E-state index contributed by atoms with van der Waals surface area (Å²) in [5.41, 5.74) is 3.80. The zero-order chi connectivity index (χ0) is 13.2. The van der Waals surface area contributed by atoms with Crippen molar-refractivity contribution in [2.75, 3.05) is 0 Å². The molecule has 0 saturated heterocycles. The van der Waals surface area contributed by atoms with Gasteiger partial charge in [0.15, 0.2) is 5.58 Å². The topological polar surface area (TPSA) is 41.0 Å². The SMILES string of the molecule is c1cc2[nH]c(CNC34CC5CC(CC(C5)C3)C4)cc2o1. The zero-order valence-electron chi connectivity index (χ0n) is 11.8. The standard InChI is InChI=1S/C17H22N2O/c1-2-20-16-6-14(19-15(1)16)10-18-17-7-11-3-12(8-17)5-13(4-11)9-17/h1-2,6,11-13,18-19H,3-5,7-10H2. The first-order chi connectivity index (χ1) is 9.78. The number of hydrogen-bond donors (Lipinski definition) is 2. The summed E-state index contributed by atoms with van der Waals surface area (Å²) < 4.78 is 5.44. The monoisotopic (exact) mass is 270 g/mol. The Bertz CT molecular complexity index is 574. The first-order valence-corrected chi connectivity index (χ1v) is 8.08. The van der Waals surface area contributed by atoms with Crippen molar-refractivity contribution in [3.8, 4) is 0 Å². The van der Waals surface area contributed by atoms with Crippen LogP contribution in [-0.4, -0.2) is 10.5 Å². The van der Waals surface area contributed by atoms with Crippen LogP contribution >= 0.6 is 0 Å². The molecule has 2 aromatic rings. The largest absolute Gasteiger partial charge is 0.463 e. The first-order valence-electron chi connectivity index (χ1n) is 8.08. The second kappa shape index (κ2) is 3.91. The molecule has 20 heavy (non-hydrogen) atoms. The molecule has 4 saturated carbocycles. The Morgan fingerprint density at radius 2 is 1.85 bits per heavy atom. The highest BCUT2D eigenvalue weighted by Crippen LogP contribution is 2.55. The predicted octanol–water partition coefficient (Wildman–Crippen LogP) is 3.82. The molecule has 3 nitrogen and oxygen atoms in total. The van der Waals surface area contributed by atoms with Crippen LogP contribution in [0.15, 0.2) is 22.8 Å². The Kier molecular flexibility index (Phi) is 2.24. The van der Waals surface area contributed by atoms with Crippen LogP contribution in [0, 0.1) is 17.8 Å². The molecule has 3 heteroatoms. The first kappa shape index (κ1) is 11.4. The van der Waals surface area contributed by atoms with Gasteiger partial charge >= 0.3 is 0 Å². The molecule has 0 unspecified atom stereocenters. The average molecular weight is 270 g/mol. The summed E-state index contributed by atoms with van der Waals surface area (Å²) in [5, 5.41) is 3.92. The summed E-state index contributed by atoms with van der Waals surface area (Å²) in [7, 11) is 0. The molecule has 6 rings (SSSR count).